The number of aliphatic carboxylic acids is 1. The monoisotopic (exact) mass is 158 g/mol. The summed E-state index contributed by atoms with van der Waals surface area (Å²) < 4.78 is 0. The summed E-state index contributed by atoms with van der Waals surface area (Å²) in [5.41, 5.74) is 0. The molecule has 2 nitrogen and oxygen atoms in total. The Morgan fingerprint density at radius 2 is 1.82 bits per heavy atom. The van der Waals surface area contributed by atoms with E-state index in [1.54, 1.807) is 0 Å². The molecule has 0 spiro atoms. The summed E-state index contributed by atoms with van der Waals surface area (Å²) in [6, 6.07) is 0. The fourth-order valence-electron chi connectivity index (χ4n) is 1.42. The predicted molar refractivity (Wildman–Crippen MR) is 45.6 cm³/mol. The molecule has 1 N–H and O–H groups in total. The summed E-state index contributed by atoms with van der Waals surface area (Å²) in [6.45, 7) is 3.38. The van der Waals surface area contributed by atoms with E-state index in [9.17, 15) is 0 Å². The van der Waals surface area contributed by atoms with Crippen LogP contribution in [-0.2, 0) is 4.79 Å². The van der Waals surface area contributed by atoms with E-state index in [1.807, 2.05) is 0 Å². The van der Waals surface area contributed by atoms with E-state index in [2.05, 4.69) is 6.92 Å². The molecule has 1 aliphatic rings. The zero-order valence-electron chi connectivity index (χ0n) is 7.47. The molecule has 0 unspecified atom stereocenters. The molecule has 0 aliphatic heterocycles. The van der Waals surface area contributed by atoms with Crippen molar-refractivity contribution in [3.05, 3.63) is 0 Å². The third-order valence-corrected chi connectivity index (χ3v) is 2.05. The molecule has 0 aromatic rings. The molecular formula is C9H18O2. The Morgan fingerprint density at radius 3 is 2.00 bits per heavy atom. The van der Waals surface area contributed by atoms with E-state index >= 15 is 0 Å². The number of carboxylic acid groups (broad SMARTS) is 1. The van der Waals surface area contributed by atoms with Crippen molar-refractivity contribution in [3.63, 3.8) is 0 Å². The first-order valence-corrected chi connectivity index (χ1v) is 4.36. The predicted octanol–water partition coefficient (Wildman–Crippen LogP) is 2.68. The summed E-state index contributed by atoms with van der Waals surface area (Å²) in [5, 5.41) is 7.42. The Morgan fingerprint density at radius 1 is 1.45 bits per heavy atom. The van der Waals surface area contributed by atoms with Gasteiger partial charge in [-0.1, -0.05) is 39.0 Å². The minimum Gasteiger partial charge on any atom is -0.481 e. The van der Waals surface area contributed by atoms with Gasteiger partial charge in [0, 0.05) is 6.92 Å². The molecule has 0 heterocycles. The lowest BCUT2D eigenvalue weighted by atomic mass is 10.1. The highest BCUT2D eigenvalue weighted by Gasteiger charge is 2.11. The first kappa shape index (κ1) is 10.5. The topological polar surface area (TPSA) is 37.3 Å². The van der Waals surface area contributed by atoms with Gasteiger partial charge in [0.2, 0.25) is 0 Å². The lowest BCUT2D eigenvalue weighted by Gasteiger charge is -1.99. The molecule has 66 valence electrons. The highest BCUT2D eigenvalue weighted by Crippen LogP contribution is 2.26. The average molecular weight is 158 g/mol. The number of hydrogen-bond donors (Lipinski definition) is 1. The molecule has 1 saturated carbocycles. The summed E-state index contributed by atoms with van der Waals surface area (Å²) in [4.78, 5) is 9.00. The van der Waals surface area contributed by atoms with Gasteiger partial charge in [-0.2, -0.15) is 0 Å². The van der Waals surface area contributed by atoms with E-state index in [1.165, 1.54) is 32.1 Å². The second-order valence-corrected chi connectivity index (χ2v) is 3.08. The van der Waals surface area contributed by atoms with E-state index in [4.69, 9.17) is 9.90 Å². The fraction of sp³-hybridized carbons (Fsp3) is 0.889. The maximum atomic E-state index is 9.00. The number of carbonyl (C=O) groups is 1. The molecule has 0 aromatic carbocycles. The lowest BCUT2D eigenvalue weighted by Crippen LogP contribution is -1.86. The molecule has 0 bridgehead atoms. The fourth-order valence-corrected chi connectivity index (χ4v) is 1.42. The minimum atomic E-state index is -0.833. The minimum absolute atomic E-state index is 0.833. The SMILES string of the molecule is CC(=O)O.CCC1CCCC1. The van der Waals surface area contributed by atoms with Crippen LogP contribution in [0.3, 0.4) is 0 Å². The Balaban J connectivity index is 0.000000218. The van der Waals surface area contributed by atoms with Gasteiger partial charge >= 0.3 is 0 Å². The van der Waals surface area contributed by atoms with Crippen molar-refractivity contribution in [1.29, 1.82) is 0 Å². The van der Waals surface area contributed by atoms with Crippen LogP contribution in [0.1, 0.15) is 46.0 Å². The van der Waals surface area contributed by atoms with Gasteiger partial charge in [-0.25, -0.2) is 0 Å². The molecule has 0 atom stereocenters. The van der Waals surface area contributed by atoms with Gasteiger partial charge in [0.1, 0.15) is 0 Å². The molecule has 11 heavy (non-hydrogen) atoms. The second kappa shape index (κ2) is 6.20. The Hall–Kier alpha value is -0.530. The first-order chi connectivity index (χ1) is 5.16. The summed E-state index contributed by atoms with van der Waals surface area (Å²) >= 11 is 0. The Labute approximate surface area is 68.6 Å². The van der Waals surface area contributed by atoms with E-state index in [0.29, 0.717) is 0 Å². The second-order valence-electron chi connectivity index (χ2n) is 3.08. The van der Waals surface area contributed by atoms with Crippen molar-refractivity contribution >= 4 is 5.97 Å². The zero-order valence-corrected chi connectivity index (χ0v) is 7.47. The standard InChI is InChI=1S/C7H14.C2H4O2/c1-2-7-5-3-4-6-7;1-2(3)4/h7H,2-6H2,1H3;1H3,(H,3,4). The number of rotatable bonds is 1. The maximum Gasteiger partial charge on any atom is 0.300 e. The smallest absolute Gasteiger partial charge is 0.300 e. The van der Waals surface area contributed by atoms with Crippen molar-refractivity contribution in [1.82, 2.24) is 0 Å². The van der Waals surface area contributed by atoms with Gasteiger partial charge in [-0.15, -0.1) is 0 Å². The van der Waals surface area contributed by atoms with Crippen LogP contribution in [0.25, 0.3) is 0 Å². The van der Waals surface area contributed by atoms with Crippen molar-refractivity contribution in [2.24, 2.45) is 5.92 Å². The van der Waals surface area contributed by atoms with Crippen LogP contribution in [0.4, 0.5) is 0 Å². The Kier molecular flexibility index (Phi) is 5.90. The highest BCUT2D eigenvalue weighted by atomic mass is 16.4. The average Bonchev–Trinajstić information content (AvgIpc) is 2.36. The van der Waals surface area contributed by atoms with Crippen LogP contribution < -0.4 is 0 Å². The van der Waals surface area contributed by atoms with Crippen LogP contribution in [-0.4, -0.2) is 11.1 Å². The molecular weight excluding hydrogens is 140 g/mol. The van der Waals surface area contributed by atoms with Crippen LogP contribution in [0.15, 0.2) is 0 Å². The van der Waals surface area contributed by atoms with Crippen molar-refractivity contribution in [2.75, 3.05) is 0 Å². The van der Waals surface area contributed by atoms with Gasteiger partial charge in [0.25, 0.3) is 5.97 Å². The van der Waals surface area contributed by atoms with Gasteiger partial charge < -0.3 is 5.11 Å². The third kappa shape index (κ3) is 7.37. The first-order valence-electron chi connectivity index (χ1n) is 4.36. The number of hydrogen-bond acceptors (Lipinski definition) is 1. The van der Waals surface area contributed by atoms with Crippen LogP contribution in [0.5, 0.6) is 0 Å². The molecule has 0 amide bonds. The number of carboxylic acids is 1. The van der Waals surface area contributed by atoms with E-state index < -0.39 is 5.97 Å². The summed E-state index contributed by atoms with van der Waals surface area (Å²) in [7, 11) is 0. The van der Waals surface area contributed by atoms with Crippen LogP contribution in [0.2, 0.25) is 0 Å². The molecule has 0 radical (unpaired) electrons. The third-order valence-electron chi connectivity index (χ3n) is 2.05. The molecule has 1 rings (SSSR count). The van der Waals surface area contributed by atoms with Crippen molar-refractivity contribution in [3.8, 4) is 0 Å². The summed E-state index contributed by atoms with van der Waals surface area (Å²) in [5.74, 6) is 0.264. The van der Waals surface area contributed by atoms with Crippen molar-refractivity contribution < 1.29 is 9.90 Å². The quantitative estimate of drug-likeness (QED) is 0.637. The summed E-state index contributed by atoms with van der Waals surface area (Å²) in [6.07, 6.45) is 7.43. The molecule has 1 aliphatic carbocycles. The van der Waals surface area contributed by atoms with E-state index in [0.717, 1.165) is 12.8 Å². The Bertz CT molecular complexity index is 100. The van der Waals surface area contributed by atoms with E-state index in [-0.39, 0.29) is 0 Å². The largest absolute Gasteiger partial charge is 0.481 e. The van der Waals surface area contributed by atoms with Crippen LogP contribution >= 0.6 is 0 Å². The van der Waals surface area contributed by atoms with Gasteiger partial charge in [-0.05, 0) is 5.92 Å². The van der Waals surface area contributed by atoms with Crippen molar-refractivity contribution in [2.45, 2.75) is 46.0 Å². The maximum absolute atomic E-state index is 9.00. The molecule has 0 aromatic heterocycles. The van der Waals surface area contributed by atoms with Gasteiger partial charge in [-0.3, -0.25) is 4.79 Å². The van der Waals surface area contributed by atoms with Crippen LogP contribution in [0, 0.1) is 5.92 Å². The zero-order chi connectivity index (χ0) is 8.69. The highest BCUT2D eigenvalue weighted by molar-refractivity contribution is 5.62. The normalized spacial score (nSPS) is 17.3. The molecule has 1 fully saturated rings. The molecule has 0 saturated heterocycles. The lowest BCUT2D eigenvalue weighted by molar-refractivity contribution is -0.134. The van der Waals surface area contributed by atoms with Gasteiger partial charge in [0.05, 0.1) is 0 Å². The molecule has 2 heteroatoms. The van der Waals surface area contributed by atoms with Gasteiger partial charge in [0.15, 0.2) is 0 Å².